The van der Waals surface area contributed by atoms with Gasteiger partial charge in [0, 0.05) is 43.3 Å². The first-order chi connectivity index (χ1) is 21.6. The molecule has 12 heteroatoms. The summed E-state index contributed by atoms with van der Waals surface area (Å²) in [5.41, 5.74) is -0.361. The van der Waals surface area contributed by atoms with Gasteiger partial charge >= 0.3 is 0 Å². The Bertz CT molecular complexity index is 1480. The summed E-state index contributed by atoms with van der Waals surface area (Å²) in [6, 6.07) is 10.9. The number of nitrogens with zero attached hydrogens (tertiary/aromatic N) is 2. The highest BCUT2D eigenvalue weighted by Gasteiger charge is 2.54. The van der Waals surface area contributed by atoms with Gasteiger partial charge in [-0.25, -0.2) is 13.4 Å². The molecule has 0 radical (unpaired) electrons. The van der Waals surface area contributed by atoms with Crippen LogP contribution in [0.1, 0.15) is 64.2 Å². The summed E-state index contributed by atoms with van der Waals surface area (Å²) in [6.45, 7) is 10.3. The van der Waals surface area contributed by atoms with Gasteiger partial charge in [0.15, 0.2) is 0 Å². The average Bonchev–Trinajstić information content (AvgIpc) is 3.98. The van der Waals surface area contributed by atoms with Crippen molar-refractivity contribution in [2.45, 2.75) is 75.0 Å². The average molecular weight is 640 g/mol. The van der Waals surface area contributed by atoms with E-state index in [-0.39, 0.29) is 23.3 Å². The molecule has 0 saturated heterocycles. The lowest BCUT2D eigenvalue weighted by Crippen LogP contribution is -2.53. The molecular formula is C33H45N5O6S. The first-order valence-electron chi connectivity index (χ1n) is 15.4. The Kier molecular flexibility index (Phi) is 12.8. The van der Waals surface area contributed by atoms with Gasteiger partial charge in [0.2, 0.25) is 21.8 Å². The Morgan fingerprint density at radius 3 is 2.31 bits per heavy atom. The minimum absolute atomic E-state index is 0.0307. The Morgan fingerprint density at radius 1 is 1.04 bits per heavy atom. The van der Waals surface area contributed by atoms with Crippen molar-refractivity contribution in [1.82, 2.24) is 24.9 Å². The van der Waals surface area contributed by atoms with E-state index in [0.29, 0.717) is 50.9 Å². The molecule has 0 bridgehead atoms. The highest BCUT2D eigenvalue weighted by atomic mass is 32.2. The Hall–Kier alpha value is -4.06. The molecule has 3 fully saturated rings. The minimum atomic E-state index is -3.65. The topological polar surface area (TPSA) is 158 Å². The molecule has 45 heavy (non-hydrogen) atoms. The summed E-state index contributed by atoms with van der Waals surface area (Å²) in [5, 5.41) is 2.28. The van der Waals surface area contributed by atoms with Gasteiger partial charge in [0.25, 0.3) is 11.5 Å². The van der Waals surface area contributed by atoms with Gasteiger partial charge in [-0.15, -0.1) is 19.7 Å². The second kappa shape index (κ2) is 16.3. The molecule has 3 N–H and O–H groups in total. The fraction of sp³-hybridized carbons (Fsp3) is 0.485. The fourth-order valence-corrected chi connectivity index (χ4v) is 6.64. The van der Waals surface area contributed by atoms with Crippen LogP contribution in [0.2, 0.25) is 0 Å². The maximum absolute atomic E-state index is 12.9. The van der Waals surface area contributed by atoms with E-state index in [1.54, 1.807) is 11.9 Å². The standard InChI is InChI=1S/C21H33N3O5S.C10H8N2O.C2H4/c1-3-4-5-6-14-24(2)19(26)17-9-7-8-16(17)18(25)22-21(12-13-21)20(27)23-30(28,29)15-10-11-15;13-9-6-7-11-10(12-9)8-4-2-1-3-5-8;1-2/h3,15-17H,1,4-14H2,2H3,(H,22,25)(H,23,27);1-7H,(H,11,12,13);1-2H2/t16?,17-;;/m1../s1. The predicted octanol–water partition coefficient (Wildman–Crippen LogP) is 3.71. The molecule has 1 unspecified atom stereocenters. The van der Waals surface area contributed by atoms with Gasteiger partial charge in [-0.2, -0.15) is 0 Å². The lowest BCUT2D eigenvalue weighted by Gasteiger charge is -2.26. The lowest BCUT2D eigenvalue weighted by atomic mass is 9.93. The fourth-order valence-electron chi connectivity index (χ4n) is 5.26. The first-order valence-corrected chi connectivity index (χ1v) is 17.0. The number of carbonyl (C=O) groups excluding carboxylic acids is 3. The predicted molar refractivity (Wildman–Crippen MR) is 174 cm³/mol. The molecule has 3 aliphatic rings. The molecule has 0 aliphatic heterocycles. The van der Waals surface area contributed by atoms with Gasteiger partial charge in [-0.3, -0.25) is 23.9 Å². The van der Waals surface area contributed by atoms with E-state index >= 15 is 0 Å². The van der Waals surface area contributed by atoms with E-state index in [0.717, 1.165) is 31.2 Å². The molecule has 3 saturated carbocycles. The van der Waals surface area contributed by atoms with Crippen LogP contribution in [0.4, 0.5) is 0 Å². The van der Waals surface area contributed by atoms with E-state index in [4.69, 9.17) is 0 Å². The number of H-pyrrole nitrogens is 1. The van der Waals surface area contributed by atoms with Crippen LogP contribution < -0.4 is 15.6 Å². The number of rotatable bonds is 12. The third-order valence-corrected chi connectivity index (χ3v) is 9.98. The van der Waals surface area contributed by atoms with Crippen LogP contribution in [0.3, 0.4) is 0 Å². The summed E-state index contributed by atoms with van der Waals surface area (Å²) in [4.78, 5) is 57.7. The van der Waals surface area contributed by atoms with Crippen molar-refractivity contribution in [3.05, 3.63) is 78.8 Å². The highest BCUT2D eigenvalue weighted by molar-refractivity contribution is 7.91. The van der Waals surface area contributed by atoms with Crippen molar-refractivity contribution in [1.29, 1.82) is 0 Å². The molecule has 1 aromatic carbocycles. The maximum Gasteiger partial charge on any atom is 0.259 e. The summed E-state index contributed by atoms with van der Waals surface area (Å²) in [5.74, 6) is -1.25. The van der Waals surface area contributed by atoms with Crippen LogP contribution in [0, 0.1) is 11.8 Å². The molecule has 5 rings (SSSR count). The van der Waals surface area contributed by atoms with Gasteiger partial charge in [-0.1, -0.05) is 42.8 Å². The maximum atomic E-state index is 12.9. The number of aromatic amines is 1. The zero-order valence-corrected chi connectivity index (χ0v) is 26.8. The smallest absolute Gasteiger partial charge is 0.259 e. The second-order valence-corrected chi connectivity index (χ2v) is 13.5. The van der Waals surface area contributed by atoms with Crippen LogP contribution in [-0.4, -0.2) is 65.4 Å². The van der Waals surface area contributed by atoms with Crippen molar-refractivity contribution in [2.24, 2.45) is 11.8 Å². The number of nitrogens with one attached hydrogen (secondary N) is 3. The molecular weight excluding hydrogens is 594 g/mol. The molecule has 3 amide bonds. The number of carbonyl (C=O) groups is 3. The van der Waals surface area contributed by atoms with Crippen molar-refractivity contribution in [3.8, 4) is 11.4 Å². The van der Waals surface area contributed by atoms with Crippen molar-refractivity contribution in [3.63, 3.8) is 0 Å². The zero-order chi connectivity index (χ0) is 33.0. The molecule has 3 aliphatic carbocycles. The number of sulfonamides is 1. The van der Waals surface area contributed by atoms with Crippen LogP contribution in [0.15, 0.2) is 73.2 Å². The summed E-state index contributed by atoms with van der Waals surface area (Å²) in [6.07, 6.45) is 10.1. The Morgan fingerprint density at radius 2 is 1.71 bits per heavy atom. The van der Waals surface area contributed by atoms with Crippen LogP contribution in [0.25, 0.3) is 11.4 Å². The van der Waals surface area contributed by atoms with E-state index in [1.807, 2.05) is 36.4 Å². The summed E-state index contributed by atoms with van der Waals surface area (Å²) < 4.78 is 26.3. The summed E-state index contributed by atoms with van der Waals surface area (Å²) >= 11 is 0. The zero-order valence-electron chi connectivity index (χ0n) is 26.0. The number of amides is 3. The van der Waals surface area contributed by atoms with E-state index < -0.39 is 32.6 Å². The molecule has 2 atom stereocenters. The van der Waals surface area contributed by atoms with Crippen molar-refractivity contribution < 1.29 is 22.8 Å². The van der Waals surface area contributed by atoms with Gasteiger partial charge in [0.1, 0.15) is 11.4 Å². The molecule has 11 nitrogen and oxygen atoms in total. The van der Waals surface area contributed by atoms with Gasteiger partial charge < -0.3 is 15.2 Å². The molecule has 1 aromatic heterocycles. The number of benzene rings is 1. The normalized spacial score (nSPS) is 19.4. The Labute approximate surface area is 265 Å². The Balaban J connectivity index is 0.000000305. The van der Waals surface area contributed by atoms with Gasteiger partial charge in [0.05, 0.1) is 5.25 Å². The number of hydrogen-bond acceptors (Lipinski definition) is 7. The molecule has 1 heterocycles. The molecule has 0 spiro atoms. The summed E-state index contributed by atoms with van der Waals surface area (Å²) in [7, 11) is -1.88. The van der Waals surface area contributed by atoms with Crippen molar-refractivity contribution >= 4 is 27.7 Å². The van der Waals surface area contributed by atoms with Gasteiger partial charge in [-0.05, 0) is 57.8 Å². The monoisotopic (exact) mass is 639 g/mol. The SMILES string of the molecule is C=C.C=CCCCCN(C)C(=O)[C@@H]1CCCC1C(=O)NC1(C(=O)NS(=O)(=O)C2CC2)CC1.O=c1ccnc(-c2ccccc2)[nH]1. The number of hydrogen-bond donors (Lipinski definition) is 3. The van der Waals surface area contributed by atoms with Crippen molar-refractivity contribution in [2.75, 3.05) is 13.6 Å². The van der Waals surface area contributed by atoms with E-state index in [2.05, 4.69) is 39.7 Å². The number of aromatic nitrogens is 2. The second-order valence-electron chi connectivity index (χ2n) is 11.6. The van der Waals surface area contributed by atoms with Crippen LogP contribution in [-0.2, 0) is 24.4 Å². The third kappa shape index (κ3) is 9.97. The van der Waals surface area contributed by atoms with Crippen LogP contribution in [0.5, 0.6) is 0 Å². The quantitative estimate of drug-likeness (QED) is 0.236. The lowest BCUT2D eigenvalue weighted by molar-refractivity contribution is -0.140. The number of allylic oxidation sites excluding steroid dienone is 1. The van der Waals surface area contributed by atoms with Crippen LogP contribution >= 0.6 is 0 Å². The minimum Gasteiger partial charge on any atom is -0.346 e. The molecule has 2 aromatic rings. The highest BCUT2D eigenvalue weighted by Crippen LogP contribution is 2.39. The van der Waals surface area contributed by atoms with E-state index in [1.165, 1.54) is 12.3 Å². The largest absolute Gasteiger partial charge is 0.346 e. The van der Waals surface area contributed by atoms with E-state index in [9.17, 15) is 27.6 Å². The third-order valence-electron chi connectivity index (χ3n) is 8.16. The number of unbranched alkanes of at least 4 members (excludes halogenated alkanes) is 2. The molecule has 244 valence electrons. The first kappa shape index (κ1) is 35.4.